The zero-order valence-corrected chi connectivity index (χ0v) is 20.3. The summed E-state index contributed by atoms with van der Waals surface area (Å²) >= 11 is 1.66. The maximum absolute atomic E-state index is 12.9. The number of thioether (sulfide) groups is 1. The molecule has 0 spiro atoms. The number of carbonyl (C=O) groups excluding carboxylic acids is 3. The van der Waals surface area contributed by atoms with Crippen LogP contribution in [0.1, 0.15) is 46.6 Å². The summed E-state index contributed by atoms with van der Waals surface area (Å²) in [7, 11) is 0. The maximum atomic E-state index is 12.9. The summed E-state index contributed by atoms with van der Waals surface area (Å²) in [5.41, 5.74) is 0.271. The molecule has 1 fully saturated rings. The number of hydrogen-bond donors (Lipinski definition) is 3. The predicted octanol–water partition coefficient (Wildman–Crippen LogP) is 2.30. The van der Waals surface area contributed by atoms with Gasteiger partial charge in [-0.15, -0.1) is 11.8 Å². The first kappa shape index (κ1) is 26.0. The molecule has 2 rings (SSSR count). The molecule has 0 bridgehead atoms. The summed E-state index contributed by atoms with van der Waals surface area (Å²) in [4.78, 5) is 38.8. The molecule has 1 saturated heterocycles. The Morgan fingerprint density at radius 3 is 2.44 bits per heavy atom. The molecule has 1 aromatic rings. The molecule has 1 aromatic carbocycles. The van der Waals surface area contributed by atoms with Gasteiger partial charge in [0.15, 0.2) is 6.10 Å². The van der Waals surface area contributed by atoms with Crippen LogP contribution in [0.4, 0.5) is 4.79 Å². The molecule has 9 heteroatoms. The summed E-state index contributed by atoms with van der Waals surface area (Å²) in [5.74, 6) is -0.254. The Balaban J connectivity index is 1.98. The quantitative estimate of drug-likeness (QED) is 0.544. The fraction of sp³-hybridized carbons (Fsp3) is 0.609. The highest BCUT2D eigenvalue weighted by atomic mass is 32.2. The third kappa shape index (κ3) is 8.70. The summed E-state index contributed by atoms with van der Waals surface area (Å²) in [6.07, 6.45) is -1.66. The Morgan fingerprint density at radius 2 is 1.88 bits per heavy atom. The fourth-order valence-electron chi connectivity index (χ4n) is 3.29. The van der Waals surface area contributed by atoms with Crippen molar-refractivity contribution >= 4 is 29.7 Å². The number of alkyl carbamates (subject to hydrolysis) is 1. The number of benzene rings is 1. The number of aliphatic hydroxyl groups is 1. The summed E-state index contributed by atoms with van der Waals surface area (Å²) < 4.78 is 5.08. The lowest BCUT2D eigenvalue weighted by molar-refractivity contribution is -0.141. The second-order valence-electron chi connectivity index (χ2n) is 9.56. The van der Waals surface area contributed by atoms with Crippen LogP contribution in [0.3, 0.4) is 0 Å². The molecule has 1 aliphatic rings. The lowest BCUT2D eigenvalue weighted by Crippen LogP contribution is -2.53. The van der Waals surface area contributed by atoms with E-state index >= 15 is 0 Å². The van der Waals surface area contributed by atoms with Crippen LogP contribution < -0.4 is 10.6 Å². The van der Waals surface area contributed by atoms with Gasteiger partial charge in [-0.1, -0.05) is 30.3 Å². The van der Waals surface area contributed by atoms with Gasteiger partial charge in [0.25, 0.3) is 5.91 Å². The molecule has 3 amide bonds. The molecule has 0 aromatic heterocycles. The van der Waals surface area contributed by atoms with Crippen molar-refractivity contribution in [2.24, 2.45) is 0 Å². The van der Waals surface area contributed by atoms with Gasteiger partial charge < -0.3 is 25.4 Å². The van der Waals surface area contributed by atoms with Crippen molar-refractivity contribution in [3.63, 3.8) is 0 Å². The first-order chi connectivity index (χ1) is 14.9. The lowest BCUT2D eigenvalue weighted by atomic mass is 9.99. The number of nitrogens with zero attached hydrogens (tertiary/aromatic N) is 1. The largest absolute Gasteiger partial charge is 0.444 e. The lowest BCUT2D eigenvalue weighted by Gasteiger charge is -2.27. The van der Waals surface area contributed by atoms with Crippen molar-refractivity contribution in [2.45, 2.75) is 70.0 Å². The van der Waals surface area contributed by atoms with Crippen molar-refractivity contribution in [2.75, 3.05) is 19.0 Å². The first-order valence-corrected chi connectivity index (χ1v) is 11.8. The van der Waals surface area contributed by atoms with E-state index in [2.05, 4.69) is 24.5 Å². The van der Waals surface area contributed by atoms with Gasteiger partial charge >= 0.3 is 6.09 Å². The van der Waals surface area contributed by atoms with E-state index < -0.39 is 29.7 Å². The zero-order valence-electron chi connectivity index (χ0n) is 19.5. The van der Waals surface area contributed by atoms with Crippen molar-refractivity contribution in [1.82, 2.24) is 15.5 Å². The van der Waals surface area contributed by atoms with Gasteiger partial charge in [-0.2, -0.15) is 0 Å². The highest BCUT2D eigenvalue weighted by Gasteiger charge is 2.38. The number of rotatable bonds is 8. The van der Waals surface area contributed by atoms with Gasteiger partial charge in [-0.05, 0) is 46.6 Å². The highest BCUT2D eigenvalue weighted by Crippen LogP contribution is 2.33. The van der Waals surface area contributed by atoms with Crippen molar-refractivity contribution < 1.29 is 24.2 Å². The second-order valence-corrected chi connectivity index (χ2v) is 11.2. The SMILES string of the molecule is CC(C)(C)OC(=O)NCCC(=O)N[C@@H](Cc1ccccc1)[C@H](O)C(=O)N1CSC(C)(C)C1. The van der Waals surface area contributed by atoms with E-state index in [0.29, 0.717) is 18.8 Å². The van der Waals surface area contributed by atoms with Gasteiger partial charge in [0.2, 0.25) is 5.91 Å². The second kappa shape index (κ2) is 11.0. The van der Waals surface area contributed by atoms with Crippen LogP contribution in [0.2, 0.25) is 0 Å². The topological polar surface area (TPSA) is 108 Å². The van der Waals surface area contributed by atoms with E-state index in [1.54, 1.807) is 37.4 Å². The molecule has 3 N–H and O–H groups in total. The molecule has 2 atom stereocenters. The predicted molar refractivity (Wildman–Crippen MR) is 125 cm³/mol. The van der Waals surface area contributed by atoms with E-state index in [1.807, 2.05) is 30.3 Å². The van der Waals surface area contributed by atoms with Gasteiger partial charge in [0.1, 0.15) is 5.60 Å². The molecule has 0 unspecified atom stereocenters. The minimum absolute atomic E-state index is 0.00194. The van der Waals surface area contributed by atoms with E-state index in [1.165, 1.54) is 0 Å². The molecule has 0 aliphatic carbocycles. The van der Waals surface area contributed by atoms with Crippen molar-refractivity contribution in [3.05, 3.63) is 35.9 Å². The number of carbonyl (C=O) groups is 3. The summed E-state index contributed by atoms with van der Waals surface area (Å²) in [6.45, 7) is 10.00. The van der Waals surface area contributed by atoms with Gasteiger partial charge in [-0.25, -0.2) is 4.79 Å². The highest BCUT2D eigenvalue weighted by molar-refractivity contribution is 8.00. The van der Waals surface area contributed by atoms with Crippen LogP contribution in [0, 0.1) is 0 Å². The number of aliphatic hydroxyl groups excluding tert-OH is 1. The first-order valence-electron chi connectivity index (χ1n) is 10.8. The minimum Gasteiger partial charge on any atom is -0.444 e. The van der Waals surface area contributed by atoms with Crippen molar-refractivity contribution in [3.8, 4) is 0 Å². The van der Waals surface area contributed by atoms with Crippen LogP contribution in [0.5, 0.6) is 0 Å². The monoisotopic (exact) mass is 465 g/mol. The van der Waals surface area contributed by atoms with E-state index in [4.69, 9.17) is 4.74 Å². The number of amides is 3. The molecular weight excluding hydrogens is 430 g/mol. The smallest absolute Gasteiger partial charge is 0.407 e. The maximum Gasteiger partial charge on any atom is 0.407 e. The number of nitrogens with one attached hydrogen (secondary N) is 2. The van der Waals surface area contributed by atoms with Crippen LogP contribution in [-0.2, 0) is 20.7 Å². The Morgan fingerprint density at radius 1 is 1.22 bits per heavy atom. The summed E-state index contributed by atoms with van der Waals surface area (Å²) in [6, 6.07) is 8.60. The Hall–Kier alpha value is -2.26. The molecule has 1 heterocycles. The number of ether oxygens (including phenoxy) is 1. The molecule has 8 nitrogen and oxygen atoms in total. The molecule has 178 valence electrons. The molecule has 32 heavy (non-hydrogen) atoms. The normalized spacial score (nSPS) is 17.4. The minimum atomic E-state index is -1.37. The van der Waals surface area contributed by atoms with E-state index in [0.717, 1.165) is 5.56 Å². The fourth-order valence-corrected chi connectivity index (χ4v) is 4.26. The van der Waals surface area contributed by atoms with Gasteiger partial charge in [-0.3, -0.25) is 9.59 Å². The van der Waals surface area contributed by atoms with Crippen molar-refractivity contribution in [1.29, 1.82) is 0 Å². The van der Waals surface area contributed by atoms with E-state index in [9.17, 15) is 19.5 Å². The number of hydrogen-bond acceptors (Lipinski definition) is 6. The third-order valence-electron chi connectivity index (χ3n) is 4.79. The standard InChI is InChI=1S/C23H35N3O5S/c1-22(2,3)31-21(30)24-12-11-18(27)25-17(13-16-9-7-6-8-10-16)19(28)20(29)26-14-23(4,5)32-15-26/h6-10,17,19,28H,11-15H2,1-5H3,(H,24,30)(H,25,27)/t17-,19-/m0/s1. The average molecular weight is 466 g/mol. The summed E-state index contributed by atoms with van der Waals surface area (Å²) in [5, 5.41) is 16.2. The van der Waals surface area contributed by atoms with Crippen LogP contribution >= 0.6 is 11.8 Å². The molecular formula is C23H35N3O5S. The Bertz CT molecular complexity index is 795. The molecule has 1 aliphatic heterocycles. The van der Waals surface area contributed by atoms with Gasteiger partial charge in [0, 0.05) is 24.3 Å². The molecule has 0 saturated carbocycles. The van der Waals surface area contributed by atoms with E-state index in [-0.39, 0.29) is 23.6 Å². The zero-order chi connectivity index (χ0) is 23.9. The Labute approximate surface area is 194 Å². The van der Waals surface area contributed by atoms with Crippen LogP contribution in [0.25, 0.3) is 0 Å². The average Bonchev–Trinajstić information content (AvgIpc) is 3.05. The third-order valence-corrected chi connectivity index (χ3v) is 6.15. The molecule has 0 radical (unpaired) electrons. The Kier molecular flexibility index (Phi) is 8.98. The van der Waals surface area contributed by atoms with Gasteiger partial charge in [0.05, 0.1) is 11.9 Å². The van der Waals surface area contributed by atoms with Crippen LogP contribution in [0.15, 0.2) is 30.3 Å². The van der Waals surface area contributed by atoms with Crippen LogP contribution in [-0.4, -0.2) is 69.4 Å².